The van der Waals surface area contributed by atoms with Crippen molar-refractivity contribution in [3.63, 3.8) is 0 Å². The fourth-order valence-corrected chi connectivity index (χ4v) is 4.02. The van der Waals surface area contributed by atoms with Crippen molar-refractivity contribution in [2.24, 2.45) is 5.92 Å². The highest BCUT2D eigenvalue weighted by molar-refractivity contribution is 6.28. The number of alkyl carbamates (subject to hydrolysis) is 1. The second-order valence-corrected chi connectivity index (χ2v) is 11.1. The van der Waals surface area contributed by atoms with Gasteiger partial charge in [0.1, 0.15) is 29.8 Å². The van der Waals surface area contributed by atoms with E-state index < -0.39 is 65.5 Å². The molecule has 5 unspecified atom stereocenters. The largest absolute Gasteiger partial charge is 0.444 e. The highest BCUT2D eigenvalue weighted by atomic mass is 35.5. The van der Waals surface area contributed by atoms with Crippen molar-refractivity contribution in [3.8, 4) is 0 Å². The first-order valence-corrected chi connectivity index (χ1v) is 13.3. The smallest absolute Gasteiger partial charge is 0.408 e. The summed E-state index contributed by atoms with van der Waals surface area (Å²) in [5.74, 6) is -2.84. The molecule has 0 radical (unpaired) electrons. The number of carbonyl (C=O) groups excluding carboxylic acids is 6. The maximum atomic E-state index is 13.1. The van der Waals surface area contributed by atoms with Gasteiger partial charge in [0.2, 0.25) is 23.6 Å². The van der Waals surface area contributed by atoms with Crippen molar-refractivity contribution in [1.29, 1.82) is 0 Å². The number of nitrogens with zero attached hydrogens (tertiary/aromatic N) is 1. The van der Waals surface area contributed by atoms with Crippen LogP contribution in [0, 0.1) is 5.92 Å². The number of likely N-dealkylation sites (tertiary alicyclic amines) is 1. The molecule has 13 heteroatoms. The van der Waals surface area contributed by atoms with E-state index in [1.807, 2.05) is 0 Å². The lowest BCUT2D eigenvalue weighted by Crippen LogP contribution is -2.57. The maximum Gasteiger partial charge on any atom is 0.408 e. The molecule has 0 aromatic rings. The Morgan fingerprint density at radius 3 is 1.89 bits per heavy atom. The summed E-state index contributed by atoms with van der Waals surface area (Å²) in [6, 6.07) is -4.48. The van der Waals surface area contributed by atoms with Gasteiger partial charge in [-0.25, -0.2) is 4.79 Å². The second kappa shape index (κ2) is 14.3. The van der Waals surface area contributed by atoms with E-state index in [1.54, 1.807) is 34.6 Å². The fraction of sp³-hybridized carbons (Fsp3) is 0.760. The fourth-order valence-electron chi connectivity index (χ4n) is 3.86. The van der Waals surface area contributed by atoms with E-state index in [0.717, 1.165) is 0 Å². The van der Waals surface area contributed by atoms with Crippen LogP contribution in [0.2, 0.25) is 0 Å². The Kier molecular flexibility index (Phi) is 12.5. The Labute approximate surface area is 229 Å². The van der Waals surface area contributed by atoms with Crippen LogP contribution in [0.3, 0.4) is 0 Å². The molecule has 0 bridgehead atoms. The van der Waals surface area contributed by atoms with Crippen molar-refractivity contribution in [1.82, 2.24) is 26.2 Å². The molecule has 38 heavy (non-hydrogen) atoms. The van der Waals surface area contributed by atoms with Gasteiger partial charge < -0.3 is 30.9 Å². The number of halogens is 1. The molecular formula is C25H42ClN5O7. The molecule has 0 aliphatic carbocycles. The predicted molar refractivity (Wildman–Crippen MR) is 141 cm³/mol. The molecule has 1 fully saturated rings. The third-order valence-electron chi connectivity index (χ3n) is 5.89. The Morgan fingerprint density at radius 1 is 0.868 bits per heavy atom. The summed E-state index contributed by atoms with van der Waals surface area (Å²) < 4.78 is 5.11. The van der Waals surface area contributed by atoms with Gasteiger partial charge >= 0.3 is 6.09 Å². The zero-order valence-electron chi connectivity index (χ0n) is 23.5. The molecule has 0 aromatic carbocycles. The average Bonchev–Trinajstić information content (AvgIpc) is 3.29. The summed E-state index contributed by atoms with van der Waals surface area (Å²) in [5, 5.41) is 10.1. The molecule has 1 rings (SSSR count). The van der Waals surface area contributed by atoms with Crippen LogP contribution in [0.25, 0.3) is 0 Å². The van der Waals surface area contributed by atoms with Gasteiger partial charge in [0.15, 0.2) is 5.78 Å². The highest BCUT2D eigenvalue weighted by Crippen LogP contribution is 2.19. The van der Waals surface area contributed by atoms with Crippen LogP contribution in [0.1, 0.15) is 68.2 Å². The van der Waals surface area contributed by atoms with Crippen molar-refractivity contribution in [2.75, 3.05) is 12.4 Å². The van der Waals surface area contributed by atoms with Crippen LogP contribution in [0.4, 0.5) is 4.79 Å². The van der Waals surface area contributed by atoms with E-state index in [-0.39, 0.29) is 17.6 Å². The van der Waals surface area contributed by atoms with Crippen LogP contribution in [0.15, 0.2) is 0 Å². The van der Waals surface area contributed by atoms with Gasteiger partial charge in [-0.2, -0.15) is 0 Å². The summed E-state index contributed by atoms with van der Waals surface area (Å²) in [6.07, 6.45) is 0.245. The minimum atomic E-state index is -1.01. The lowest BCUT2D eigenvalue weighted by molar-refractivity contribution is -0.142. The standard InChI is InChI=1S/C25H42ClN5O7/c1-13(2)19(18(32)12-26)30-22(35)17-10-9-11-31(17)23(36)16(5)28-20(33)14(3)27-21(34)15(4)29-24(37)38-25(6,7)8/h13-17,19H,9-12H2,1-8H3,(H,27,34)(H,28,33)(H,29,37)(H,30,35). The molecule has 0 spiro atoms. The zero-order valence-corrected chi connectivity index (χ0v) is 24.2. The average molecular weight is 560 g/mol. The van der Waals surface area contributed by atoms with Gasteiger partial charge in [-0.05, 0) is 60.3 Å². The van der Waals surface area contributed by atoms with Crippen LogP contribution < -0.4 is 21.3 Å². The van der Waals surface area contributed by atoms with E-state index in [0.29, 0.717) is 19.4 Å². The van der Waals surface area contributed by atoms with Gasteiger partial charge in [-0.1, -0.05) is 13.8 Å². The molecular weight excluding hydrogens is 518 g/mol. The Hall–Kier alpha value is -2.89. The quantitative estimate of drug-likeness (QED) is 0.273. The third-order valence-corrected chi connectivity index (χ3v) is 6.15. The van der Waals surface area contributed by atoms with Crippen LogP contribution in [-0.4, -0.2) is 88.6 Å². The summed E-state index contributed by atoms with van der Waals surface area (Å²) in [5.41, 5.74) is -0.733. The lowest BCUT2D eigenvalue weighted by Gasteiger charge is -2.29. The molecule has 0 aromatic heterocycles. The molecule has 5 atom stereocenters. The summed E-state index contributed by atoms with van der Waals surface area (Å²) in [6.45, 7) is 13.3. The Morgan fingerprint density at radius 2 is 1.39 bits per heavy atom. The summed E-state index contributed by atoms with van der Waals surface area (Å²) in [4.78, 5) is 76.4. The number of nitrogens with one attached hydrogen (secondary N) is 4. The zero-order chi connectivity index (χ0) is 29.4. The van der Waals surface area contributed by atoms with Gasteiger partial charge in [-0.15, -0.1) is 11.6 Å². The number of hydrogen-bond donors (Lipinski definition) is 4. The SMILES string of the molecule is CC(NC(=O)OC(C)(C)C)C(=O)NC(C)C(=O)NC(C)C(=O)N1CCCC1C(=O)NC(C(=O)CCl)C(C)C. The number of rotatable bonds is 11. The minimum Gasteiger partial charge on any atom is -0.444 e. The van der Waals surface area contributed by atoms with E-state index in [9.17, 15) is 28.8 Å². The monoisotopic (exact) mass is 559 g/mol. The van der Waals surface area contributed by atoms with E-state index in [4.69, 9.17) is 16.3 Å². The lowest BCUT2D eigenvalue weighted by atomic mass is 10.00. The van der Waals surface area contributed by atoms with Gasteiger partial charge in [-0.3, -0.25) is 24.0 Å². The number of Topliss-reactive ketones (excluding diaryl/α,β-unsaturated/α-hetero) is 1. The molecule has 12 nitrogen and oxygen atoms in total. The van der Waals surface area contributed by atoms with E-state index in [1.165, 1.54) is 25.7 Å². The molecule has 4 N–H and O–H groups in total. The predicted octanol–water partition coefficient (Wildman–Crippen LogP) is 0.849. The van der Waals surface area contributed by atoms with Crippen molar-refractivity contribution in [2.45, 2.75) is 104 Å². The van der Waals surface area contributed by atoms with Crippen LogP contribution in [0.5, 0.6) is 0 Å². The third kappa shape index (κ3) is 10.1. The summed E-state index contributed by atoms with van der Waals surface area (Å²) in [7, 11) is 0. The van der Waals surface area contributed by atoms with Crippen LogP contribution >= 0.6 is 11.6 Å². The van der Waals surface area contributed by atoms with Crippen molar-refractivity contribution < 1.29 is 33.5 Å². The number of amides is 5. The number of carbonyl (C=O) groups is 6. The van der Waals surface area contributed by atoms with Crippen LogP contribution in [-0.2, 0) is 28.7 Å². The number of alkyl halides is 1. The molecule has 5 amide bonds. The molecule has 0 saturated carbocycles. The topological polar surface area (TPSA) is 163 Å². The Bertz CT molecular complexity index is 905. The first-order chi connectivity index (χ1) is 17.5. The number of ether oxygens (including phenoxy) is 1. The van der Waals surface area contributed by atoms with E-state index in [2.05, 4.69) is 21.3 Å². The first kappa shape index (κ1) is 33.1. The minimum absolute atomic E-state index is 0.173. The van der Waals surface area contributed by atoms with Gasteiger partial charge in [0, 0.05) is 6.54 Å². The molecule has 1 saturated heterocycles. The highest BCUT2D eigenvalue weighted by Gasteiger charge is 2.38. The van der Waals surface area contributed by atoms with Crippen molar-refractivity contribution in [3.05, 3.63) is 0 Å². The van der Waals surface area contributed by atoms with Gasteiger partial charge in [0.05, 0.1) is 11.9 Å². The van der Waals surface area contributed by atoms with Crippen molar-refractivity contribution >= 4 is 47.1 Å². The summed E-state index contributed by atoms with van der Waals surface area (Å²) >= 11 is 5.67. The normalized spacial score (nSPS) is 18.6. The Balaban J connectivity index is 2.70. The molecule has 216 valence electrons. The van der Waals surface area contributed by atoms with E-state index >= 15 is 0 Å². The molecule has 1 heterocycles. The number of ketones is 1. The van der Waals surface area contributed by atoms with Gasteiger partial charge in [0.25, 0.3) is 0 Å². The maximum absolute atomic E-state index is 13.1. The molecule has 1 aliphatic heterocycles. The molecule has 1 aliphatic rings. The first-order valence-electron chi connectivity index (χ1n) is 12.8. The second-order valence-electron chi connectivity index (χ2n) is 10.8. The number of hydrogen-bond acceptors (Lipinski definition) is 7.